The highest BCUT2D eigenvalue weighted by Crippen LogP contribution is 2.36. The second-order valence-electron chi connectivity index (χ2n) is 8.70. The molecule has 2 amide bonds. The molecule has 29 heavy (non-hydrogen) atoms. The molecule has 0 saturated carbocycles. The van der Waals surface area contributed by atoms with Gasteiger partial charge in [-0.15, -0.1) is 0 Å². The van der Waals surface area contributed by atoms with Gasteiger partial charge in [-0.05, 0) is 38.2 Å². The van der Waals surface area contributed by atoms with Gasteiger partial charge in [-0.2, -0.15) is 0 Å². The Balaban J connectivity index is 1.64. The summed E-state index contributed by atoms with van der Waals surface area (Å²) in [6, 6.07) is 9.31. The number of hydrogen-bond acceptors (Lipinski definition) is 5. The van der Waals surface area contributed by atoms with Gasteiger partial charge in [0.15, 0.2) is 0 Å². The second kappa shape index (κ2) is 8.31. The lowest BCUT2D eigenvalue weighted by Crippen LogP contribution is -2.50. The monoisotopic (exact) mass is 404 g/mol. The van der Waals surface area contributed by atoms with E-state index in [2.05, 4.69) is 0 Å². The maximum absolute atomic E-state index is 12.5. The van der Waals surface area contributed by atoms with Gasteiger partial charge in [0, 0.05) is 26.2 Å². The molecule has 8 nitrogen and oxygen atoms in total. The van der Waals surface area contributed by atoms with E-state index in [4.69, 9.17) is 9.47 Å². The minimum absolute atomic E-state index is 0.0757. The Labute approximate surface area is 170 Å². The molecule has 0 radical (unpaired) electrons. The van der Waals surface area contributed by atoms with E-state index in [0.29, 0.717) is 19.6 Å². The quantitative estimate of drug-likeness (QED) is 0.832. The summed E-state index contributed by atoms with van der Waals surface area (Å²) in [5.41, 5.74) is 0.243. The van der Waals surface area contributed by atoms with E-state index in [9.17, 15) is 19.5 Å². The van der Waals surface area contributed by atoms with Crippen LogP contribution in [0.2, 0.25) is 0 Å². The first kappa shape index (κ1) is 21.0. The molecule has 3 rings (SSSR count). The van der Waals surface area contributed by atoms with Crippen LogP contribution in [-0.4, -0.2) is 64.8 Å². The number of rotatable bonds is 3. The fourth-order valence-electron chi connectivity index (χ4n) is 3.97. The zero-order chi connectivity index (χ0) is 21.2. The number of piperidine rings is 1. The van der Waals surface area contributed by atoms with Crippen molar-refractivity contribution in [2.24, 2.45) is 17.8 Å². The van der Waals surface area contributed by atoms with Crippen molar-refractivity contribution in [1.29, 1.82) is 0 Å². The predicted octanol–water partition coefficient (Wildman–Crippen LogP) is 2.82. The third-order valence-electron chi connectivity index (χ3n) is 5.31. The fourth-order valence-corrected chi connectivity index (χ4v) is 3.97. The van der Waals surface area contributed by atoms with E-state index in [1.54, 1.807) is 25.7 Å². The van der Waals surface area contributed by atoms with Crippen LogP contribution in [0.25, 0.3) is 0 Å². The van der Waals surface area contributed by atoms with Gasteiger partial charge in [0.1, 0.15) is 12.2 Å². The minimum atomic E-state index is -0.966. The summed E-state index contributed by atoms with van der Waals surface area (Å²) in [6.07, 6.45) is -0.983. The van der Waals surface area contributed by atoms with E-state index < -0.39 is 29.7 Å². The second-order valence-corrected chi connectivity index (χ2v) is 8.70. The average Bonchev–Trinajstić information content (AvgIpc) is 3.09. The van der Waals surface area contributed by atoms with Crippen molar-refractivity contribution < 1.29 is 29.0 Å². The van der Waals surface area contributed by atoms with Crippen LogP contribution in [0.3, 0.4) is 0 Å². The van der Waals surface area contributed by atoms with Crippen LogP contribution in [0.1, 0.15) is 26.3 Å². The summed E-state index contributed by atoms with van der Waals surface area (Å²) in [5, 5.41) is 9.69. The Bertz CT molecular complexity index is 760. The van der Waals surface area contributed by atoms with Gasteiger partial charge in [-0.3, -0.25) is 4.79 Å². The first-order valence-corrected chi connectivity index (χ1v) is 9.80. The molecule has 1 aromatic carbocycles. The van der Waals surface area contributed by atoms with E-state index in [0.717, 1.165) is 5.56 Å². The van der Waals surface area contributed by atoms with Gasteiger partial charge in [-0.1, -0.05) is 30.3 Å². The molecule has 2 heterocycles. The molecular formula is C21H28N2O6. The zero-order valence-corrected chi connectivity index (χ0v) is 17.0. The molecule has 2 aliphatic heterocycles. The Morgan fingerprint density at radius 3 is 2.21 bits per heavy atom. The topological polar surface area (TPSA) is 96.4 Å². The number of nitrogens with zero attached hydrogens (tertiary/aromatic N) is 2. The highest BCUT2D eigenvalue weighted by atomic mass is 16.6. The third-order valence-corrected chi connectivity index (χ3v) is 5.31. The van der Waals surface area contributed by atoms with Crippen LogP contribution in [0, 0.1) is 17.8 Å². The lowest BCUT2D eigenvalue weighted by Gasteiger charge is -2.37. The number of ether oxygens (including phenoxy) is 2. The number of fused-ring (bicyclic) bond motifs is 1. The number of carbonyl (C=O) groups excluding carboxylic acids is 2. The number of likely N-dealkylation sites (tertiary alicyclic amines) is 2. The van der Waals surface area contributed by atoms with Gasteiger partial charge < -0.3 is 24.4 Å². The van der Waals surface area contributed by atoms with Crippen LogP contribution in [-0.2, 0) is 20.9 Å². The molecule has 0 bridgehead atoms. The largest absolute Gasteiger partial charge is 0.481 e. The maximum Gasteiger partial charge on any atom is 0.410 e. The number of benzene rings is 1. The van der Waals surface area contributed by atoms with Crippen LogP contribution in [0.15, 0.2) is 30.3 Å². The van der Waals surface area contributed by atoms with Crippen LogP contribution >= 0.6 is 0 Å². The summed E-state index contributed by atoms with van der Waals surface area (Å²) in [5.74, 6) is -2.04. The molecular weight excluding hydrogens is 376 g/mol. The van der Waals surface area contributed by atoms with E-state index in [-0.39, 0.29) is 25.0 Å². The highest BCUT2D eigenvalue weighted by Gasteiger charge is 2.48. The molecule has 0 spiro atoms. The van der Waals surface area contributed by atoms with Gasteiger partial charge in [0.2, 0.25) is 0 Å². The zero-order valence-electron chi connectivity index (χ0n) is 17.0. The molecule has 1 aromatic rings. The number of carboxylic acids is 1. The van der Waals surface area contributed by atoms with Gasteiger partial charge in [0.05, 0.1) is 5.92 Å². The molecule has 3 unspecified atom stereocenters. The molecule has 8 heteroatoms. The first-order valence-electron chi connectivity index (χ1n) is 9.80. The molecule has 1 N–H and O–H groups in total. The molecule has 2 aliphatic rings. The highest BCUT2D eigenvalue weighted by molar-refractivity contribution is 5.74. The molecule has 2 fully saturated rings. The molecule has 3 atom stereocenters. The van der Waals surface area contributed by atoms with Crippen molar-refractivity contribution in [3.63, 3.8) is 0 Å². The SMILES string of the molecule is CC(C)(C)OC(=O)N1CC2CN(C(=O)OCc3ccccc3)CC(C(=O)O)C2C1. The van der Waals surface area contributed by atoms with Crippen molar-refractivity contribution in [2.75, 3.05) is 26.2 Å². The van der Waals surface area contributed by atoms with Crippen LogP contribution in [0.4, 0.5) is 9.59 Å². The predicted molar refractivity (Wildman–Crippen MR) is 104 cm³/mol. The van der Waals surface area contributed by atoms with Gasteiger partial charge in [-0.25, -0.2) is 9.59 Å². The standard InChI is InChI=1S/C21H28N2O6/c1-21(2,3)29-20(27)23-10-15-9-22(12-17(18(24)25)16(15)11-23)19(26)28-13-14-7-5-4-6-8-14/h4-8,15-17H,9-13H2,1-3H3,(H,24,25). The molecule has 158 valence electrons. The Hall–Kier alpha value is -2.77. The molecule has 0 aliphatic carbocycles. The van der Waals surface area contributed by atoms with E-state index in [1.807, 2.05) is 30.3 Å². The van der Waals surface area contributed by atoms with Gasteiger partial charge in [0.25, 0.3) is 0 Å². The average molecular weight is 404 g/mol. The third kappa shape index (κ3) is 5.19. The summed E-state index contributed by atoms with van der Waals surface area (Å²) in [4.78, 5) is 39.8. The number of carbonyl (C=O) groups is 3. The number of hydrogen-bond donors (Lipinski definition) is 1. The Morgan fingerprint density at radius 2 is 1.62 bits per heavy atom. The summed E-state index contributed by atoms with van der Waals surface area (Å²) in [6.45, 7) is 6.63. The van der Waals surface area contributed by atoms with Crippen LogP contribution < -0.4 is 0 Å². The van der Waals surface area contributed by atoms with Crippen molar-refractivity contribution in [3.8, 4) is 0 Å². The first-order chi connectivity index (χ1) is 13.6. The molecule has 2 saturated heterocycles. The lowest BCUT2D eigenvalue weighted by atomic mass is 9.80. The Morgan fingerprint density at radius 1 is 1.00 bits per heavy atom. The fraction of sp³-hybridized carbons (Fsp3) is 0.571. The molecule has 0 aromatic heterocycles. The van der Waals surface area contributed by atoms with Gasteiger partial charge >= 0.3 is 18.2 Å². The lowest BCUT2D eigenvalue weighted by molar-refractivity contribution is -0.146. The summed E-state index contributed by atoms with van der Waals surface area (Å²) in [7, 11) is 0. The van der Waals surface area contributed by atoms with Crippen molar-refractivity contribution in [2.45, 2.75) is 33.0 Å². The van der Waals surface area contributed by atoms with E-state index >= 15 is 0 Å². The smallest absolute Gasteiger partial charge is 0.410 e. The number of carboxylic acid groups (broad SMARTS) is 1. The number of amides is 2. The van der Waals surface area contributed by atoms with Crippen LogP contribution in [0.5, 0.6) is 0 Å². The Kier molecular flexibility index (Phi) is 6.00. The van der Waals surface area contributed by atoms with Crippen molar-refractivity contribution in [3.05, 3.63) is 35.9 Å². The van der Waals surface area contributed by atoms with E-state index in [1.165, 1.54) is 4.90 Å². The van der Waals surface area contributed by atoms with Crippen molar-refractivity contribution in [1.82, 2.24) is 9.80 Å². The normalized spacial score (nSPS) is 24.0. The minimum Gasteiger partial charge on any atom is -0.481 e. The summed E-state index contributed by atoms with van der Waals surface area (Å²) < 4.78 is 10.8. The van der Waals surface area contributed by atoms with Crippen molar-refractivity contribution >= 4 is 18.2 Å². The maximum atomic E-state index is 12.5. The summed E-state index contributed by atoms with van der Waals surface area (Å²) >= 11 is 0. The number of aliphatic carboxylic acids is 1.